The molecule has 0 aliphatic carbocycles. The summed E-state index contributed by atoms with van der Waals surface area (Å²) >= 11 is 0. The van der Waals surface area contributed by atoms with Gasteiger partial charge in [0.05, 0.1) is 27.7 Å². The second-order valence-corrected chi connectivity index (χ2v) is 24.1. The first-order valence-electron chi connectivity index (χ1n) is 26.0. The van der Waals surface area contributed by atoms with Crippen molar-refractivity contribution in [2.24, 2.45) is 12.8 Å². The largest absolute Gasteiger partial charge is 0.396 e. The van der Waals surface area contributed by atoms with E-state index in [0.29, 0.717) is 52.6 Å². The minimum atomic E-state index is -5.10. The third kappa shape index (κ3) is 12.3. The van der Waals surface area contributed by atoms with E-state index in [1.807, 2.05) is 24.3 Å². The van der Waals surface area contributed by atoms with Crippen LogP contribution in [0.1, 0.15) is 101 Å². The Morgan fingerprint density at radius 1 is 0.875 bits per heavy atom. The van der Waals surface area contributed by atoms with Gasteiger partial charge in [-0.15, -0.1) is 0 Å². The summed E-state index contributed by atoms with van der Waals surface area (Å²) in [7, 11) is -6.92. The average Bonchev–Trinajstić information content (AvgIpc) is 4.25. The molecule has 1 saturated heterocycles. The molecule has 0 bridgehead atoms. The van der Waals surface area contributed by atoms with Gasteiger partial charge in [0.25, 0.3) is 11.4 Å². The number of benzene rings is 4. The minimum absolute atomic E-state index is 0.0101. The first kappa shape index (κ1) is 56.9. The number of imide groups is 1. The molecule has 0 spiro atoms. The molecule has 4 aromatic carbocycles. The summed E-state index contributed by atoms with van der Waals surface area (Å²) in [6.45, 7) is 0.660. The zero-order chi connectivity index (χ0) is 57.4. The van der Waals surface area contributed by atoms with E-state index in [1.165, 1.54) is 50.4 Å². The van der Waals surface area contributed by atoms with Crippen LogP contribution >= 0.6 is 7.60 Å². The number of nitrogens with one attached hydrogen (secondary N) is 6. The van der Waals surface area contributed by atoms with Gasteiger partial charge < -0.3 is 41.6 Å². The molecule has 2 unspecified atom stereocenters. The number of aliphatic hydroxyl groups is 1. The van der Waals surface area contributed by atoms with Crippen LogP contribution in [0.4, 0.5) is 11.4 Å². The first-order valence-corrected chi connectivity index (χ1v) is 29.5. The fourth-order valence-electron chi connectivity index (χ4n) is 10.8. The molecule has 80 heavy (non-hydrogen) atoms. The maximum absolute atomic E-state index is 14.9. The number of carbonyl (C=O) groups excluding carboxylic acids is 7. The number of aryl methyl sites for hydroxylation is 3. The normalized spacial score (nSPS) is 18.1. The van der Waals surface area contributed by atoms with Crippen molar-refractivity contribution >= 4 is 91.7 Å². The summed E-state index contributed by atoms with van der Waals surface area (Å²) < 4.78 is 38.6. The molecule has 24 nitrogen and oxygen atoms in total. The monoisotopic (exact) mass is 1140 g/mol. The van der Waals surface area contributed by atoms with E-state index < -0.39 is 82.9 Å². The van der Waals surface area contributed by atoms with Gasteiger partial charge in [-0.25, -0.2) is 13.2 Å². The number of carbonyl (C=O) groups is 7. The highest BCUT2D eigenvalue weighted by atomic mass is 32.2. The van der Waals surface area contributed by atoms with Gasteiger partial charge in [0, 0.05) is 67.8 Å². The fraction of sp³-hybridized carbons (Fsp3) is 0.370. The molecule has 6 amide bonds. The molecule has 2 aromatic heterocycles. The molecule has 11 N–H and O–H groups in total. The number of H-pyrrole nitrogens is 1. The van der Waals surface area contributed by atoms with Crippen molar-refractivity contribution in [2.75, 3.05) is 23.0 Å². The molecule has 6 aromatic rings. The minimum Gasteiger partial charge on any atom is -0.385 e. The van der Waals surface area contributed by atoms with Gasteiger partial charge in [-0.3, -0.25) is 62.8 Å². The lowest BCUT2D eigenvalue weighted by atomic mass is 9.95. The molecule has 9 rings (SSSR count). The van der Waals surface area contributed by atoms with E-state index in [-0.39, 0.29) is 72.8 Å². The summed E-state index contributed by atoms with van der Waals surface area (Å²) in [5.74, 6) is -3.50. The Bertz CT molecular complexity index is 3720. The predicted octanol–water partition coefficient (Wildman–Crippen LogP) is 2.21. The maximum Gasteiger partial charge on any atom is 0.396 e. The van der Waals surface area contributed by atoms with Crippen LogP contribution in [0.15, 0.2) is 88.6 Å². The van der Waals surface area contributed by atoms with Crippen molar-refractivity contribution in [3.05, 3.63) is 123 Å². The number of aromatic nitrogens is 3. The Labute approximate surface area is 457 Å². The van der Waals surface area contributed by atoms with Crippen LogP contribution in [-0.4, -0.2) is 116 Å². The van der Waals surface area contributed by atoms with Crippen LogP contribution in [-0.2, 0) is 71.2 Å². The second-order valence-electron chi connectivity index (χ2n) is 20.6. The van der Waals surface area contributed by atoms with Crippen molar-refractivity contribution in [1.82, 2.24) is 35.4 Å². The molecule has 5 atom stereocenters. The second kappa shape index (κ2) is 23.1. The lowest BCUT2D eigenvalue weighted by molar-refractivity contribution is -0.135. The summed E-state index contributed by atoms with van der Waals surface area (Å²) in [6.07, 6.45) is 3.27. The Morgan fingerprint density at radius 2 is 1.62 bits per heavy atom. The molecule has 26 heteroatoms. The number of nitrogens with zero attached hydrogens (tertiary/aromatic N) is 3. The number of primary amides is 1. The van der Waals surface area contributed by atoms with E-state index in [0.717, 1.165) is 47.9 Å². The Hall–Kier alpha value is -7.80. The third-order valence-electron chi connectivity index (χ3n) is 14.9. The van der Waals surface area contributed by atoms with Crippen LogP contribution in [0.2, 0.25) is 0 Å². The number of nitrogens with two attached hydrogens (primary N) is 1. The van der Waals surface area contributed by atoms with Crippen molar-refractivity contribution in [2.45, 2.75) is 112 Å². The quantitative estimate of drug-likeness (QED) is 0.0202. The predicted molar refractivity (Wildman–Crippen MR) is 293 cm³/mol. The number of aliphatic hydroxyl groups excluding tert-OH is 1. The van der Waals surface area contributed by atoms with E-state index in [9.17, 15) is 66.2 Å². The number of unbranched alkanes of at least 4 members (excludes halogenated alkanes) is 2. The first-order chi connectivity index (χ1) is 37.9. The number of anilines is 2. The lowest BCUT2D eigenvalue weighted by Gasteiger charge is -2.31. The Morgan fingerprint density at radius 3 is 2.34 bits per heavy atom. The van der Waals surface area contributed by atoms with Crippen LogP contribution in [0.5, 0.6) is 0 Å². The topological polar surface area (TPSA) is 364 Å². The number of aromatic amines is 1. The highest BCUT2D eigenvalue weighted by molar-refractivity contribution is 7.90. The number of rotatable bonds is 22. The Kier molecular flexibility index (Phi) is 16.4. The average molecular weight is 1140 g/mol. The lowest BCUT2D eigenvalue weighted by Crippen LogP contribution is -2.58. The van der Waals surface area contributed by atoms with Crippen LogP contribution in [0, 0.1) is 0 Å². The van der Waals surface area contributed by atoms with E-state index in [2.05, 4.69) is 31.6 Å². The van der Waals surface area contributed by atoms with E-state index in [1.54, 1.807) is 25.2 Å². The van der Waals surface area contributed by atoms with Gasteiger partial charge in [-0.05, 0) is 122 Å². The number of amides is 6. The van der Waals surface area contributed by atoms with Crippen LogP contribution in [0.25, 0.3) is 21.9 Å². The molecule has 3 aliphatic rings. The van der Waals surface area contributed by atoms with Crippen molar-refractivity contribution < 1.29 is 61.4 Å². The van der Waals surface area contributed by atoms with E-state index >= 15 is 0 Å². The summed E-state index contributed by atoms with van der Waals surface area (Å²) in [5.41, 5.74) is 9.47. The van der Waals surface area contributed by atoms with Crippen LogP contribution < -0.4 is 42.9 Å². The van der Waals surface area contributed by atoms with Gasteiger partial charge in [0.15, 0.2) is 9.84 Å². The molecule has 3 aliphatic heterocycles. The highest BCUT2D eigenvalue weighted by Gasteiger charge is 2.45. The van der Waals surface area contributed by atoms with E-state index in [4.69, 9.17) is 5.73 Å². The molecular formula is C54H61N10O14PS. The van der Waals surface area contributed by atoms with Crippen LogP contribution in [0.3, 0.4) is 0 Å². The number of hydrogen-bond acceptors (Lipinski definition) is 14. The van der Waals surface area contributed by atoms with Crippen molar-refractivity contribution in [1.29, 1.82) is 0 Å². The summed E-state index contributed by atoms with van der Waals surface area (Å²) in [5, 5.41) is 26.1. The third-order valence-corrected chi connectivity index (χ3v) is 16.8. The number of hydrogen-bond donors (Lipinski definition) is 10. The molecule has 1 fully saturated rings. The maximum atomic E-state index is 14.9. The summed E-state index contributed by atoms with van der Waals surface area (Å²) in [4.78, 5) is 129. The smallest absolute Gasteiger partial charge is 0.385 e. The number of piperidine rings is 1. The standard InChI is InChI=1S/C54H61N10O14PS/c1-62-43-27-35(11-17-41(43)63(54(62)73)42-18-20-46(66)61-50(42)69)56-21-5-3-4-6-30-22-31-9-15-39(60-49(68)40-25-33-24-32(10-14-37(33)58-40)53(72)79(74,75)76)52(71)64-44(26-34(23-30)47(31)64)51(70)59-38(16-19-45(55)65)48(67)57-28-29-7-12-36(13-8-29)80(2,77)78/h7-8,10-14,17,22-25,27,38-39,42,44,48,56-58,67H,3-6,9,15-16,18-21,26,28H2,1-2H3,(H2,55,65)(H,59,70)(H,60,68)(H,61,66,69)(H2,74,75,76)/t38-,39-,42?,44-,48?/m0/s1. The van der Waals surface area contributed by atoms with Crippen molar-refractivity contribution in [3.63, 3.8) is 0 Å². The highest BCUT2D eigenvalue weighted by Crippen LogP contribution is 2.42. The number of sulfone groups is 1. The van der Waals surface area contributed by atoms with Gasteiger partial charge in [-0.2, -0.15) is 0 Å². The molecular weight excluding hydrogens is 1080 g/mol. The van der Waals surface area contributed by atoms with Gasteiger partial charge in [0.2, 0.25) is 29.5 Å². The Balaban J connectivity index is 0.904. The SMILES string of the molecule is Cn1c(=O)n(C2CCC(=O)NC2=O)c2ccc(NCCCCCc3cc4c5c(c3)C[C@@H](C(=O)N[C@@H](CCC(N)=O)C(O)NCc3ccc(S(C)(=O)=O)cc3)N5C(=O)[C@@H](NC(=O)c3cc5cc(C(=O)P(=O)(O)O)ccc5[nH]3)CC4)cc21. The molecule has 0 saturated carbocycles. The molecule has 0 radical (unpaired) electrons. The van der Waals surface area contributed by atoms with Gasteiger partial charge >= 0.3 is 13.3 Å². The van der Waals surface area contributed by atoms with Gasteiger partial charge in [0.1, 0.15) is 30.0 Å². The number of fused-ring (bicyclic) bond motifs is 2. The molecule has 422 valence electrons. The fourth-order valence-corrected chi connectivity index (χ4v) is 11.9. The number of imidazole rings is 1. The zero-order valence-electron chi connectivity index (χ0n) is 43.7. The van der Waals surface area contributed by atoms with Crippen molar-refractivity contribution in [3.8, 4) is 0 Å². The van der Waals surface area contributed by atoms with Gasteiger partial charge in [-0.1, -0.05) is 30.7 Å². The summed E-state index contributed by atoms with van der Waals surface area (Å²) in [6, 6.07) is 16.5. The zero-order valence-corrected chi connectivity index (χ0v) is 45.4. The molecule has 5 heterocycles.